The van der Waals surface area contributed by atoms with Crippen LogP contribution in [0.2, 0.25) is 0 Å². The molecule has 1 aliphatic rings. The molecule has 0 unspecified atom stereocenters. The minimum atomic E-state index is -0.165. The van der Waals surface area contributed by atoms with Crippen LogP contribution in [0.25, 0.3) is 0 Å². The van der Waals surface area contributed by atoms with Gasteiger partial charge in [-0.2, -0.15) is 0 Å². The number of nitrogens with one attached hydrogen (secondary N) is 1. The fraction of sp³-hybridized carbons (Fsp3) is 0.500. The minimum absolute atomic E-state index is 0.165. The van der Waals surface area contributed by atoms with Gasteiger partial charge in [0.1, 0.15) is 5.82 Å². The van der Waals surface area contributed by atoms with Gasteiger partial charge in [-0.15, -0.1) is 0 Å². The second-order valence-corrected chi connectivity index (χ2v) is 3.94. The van der Waals surface area contributed by atoms with Crippen LogP contribution in [0.5, 0.6) is 0 Å². The number of halogens is 1. The van der Waals surface area contributed by atoms with Crippen LogP contribution >= 0.6 is 0 Å². The summed E-state index contributed by atoms with van der Waals surface area (Å²) in [5.41, 5.74) is 1.13. The molecule has 0 radical (unpaired) electrons. The van der Waals surface area contributed by atoms with E-state index >= 15 is 0 Å². The SMILES string of the molecule is CC[C@@H]1CNCCN1c1ccc(F)cc1. The standard InChI is InChI=1S/C12H17FN2/c1-2-11-9-14-7-8-15(11)12-5-3-10(13)4-6-12/h3-6,11,14H,2,7-9H2,1H3/t11-/m1/s1. The van der Waals surface area contributed by atoms with Crippen LogP contribution in [-0.2, 0) is 0 Å². The van der Waals surface area contributed by atoms with Crippen molar-refractivity contribution >= 4 is 5.69 Å². The van der Waals surface area contributed by atoms with Gasteiger partial charge >= 0.3 is 0 Å². The summed E-state index contributed by atoms with van der Waals surface area (Å²) in [5, 5.41) is 3.38. The number of piperazine rings is 1. The van der Waals surface area contributed by atoms with Crippen molar-refractivity contribution in [2.45, 2.75) is 19.4 Å². The largest absolute Gasteiger partial charge is 0.366 e. The first kappa shape index (κ1) is 10.4. The molecule has 0 amide bonds. The Bertz CT molecular complexity index is 310. The Morgan fingerprint density at radius 2 is 2.13 bits per heavy atom. The summed E-state index contributed by atoms with van der Waals surface area (Å²) >= 11 is 0. The highest BCUT2D eigenvalue weighted by Crippen LogP contribution is 2.19. The highest BCUT2D eigenvalue weighted by atomic mass is 19.1. The molecule has 15 heavy (non-hydrogen) atoms. The Labute approximate surface area is 90.1 Å². The maximum Gasteiger partial charge on any atom is 0.123 e. The first-order valence-corrected chi connectivity index (χ1v) is 5.54. The second kappa shape index (κ2) is 4.62. The van der Waals surface area contributed by atoms with Crippen molar-refractivity contribution in [2.24, 2.45) is 0 Å². The zero-order chi connectivity index (χ0) is 10.7. The van der Waals surface area contributed by atoms with Gasteiger partial charge in [0, 0.05) is 31.4 Å². The predicted molar refractivity (Wildman–Crippen MR) is 60.7 cm³/mol. The molecule has 1 atom stereocenters. The van der Waals surface area contributed by atoms with Gasteiger partial charge in [0.15, 0.2) is 0 Å². The van der Waals surface area contributed by atoms with E-state index in [1.807, 2.05) is 12.1 Å². The smallest absolute Gasteiger partial charge is 0.123 e. The highest BCUT2D eigenvalue weighted by molar-refractivity contribution is 5.47. The molecular weight excluding hydrogens is 191 g/mol. The Morgan fingerprint density at radius 3 is 2.80 bits per heavy atom. The normalized spacial score (nSPS) is 21.7. The highest BCUT2D eigenvalue weighted by Gasteiger charge is 2.20. The average molecular weight is 208 g/mol. The molecule has 1 aliphatic heterocycles. The summed E-state index contributed by atoms with van der Waals surface area (Å²) in [4.78, 5) is 2.36. The van der Waals surface area contributed by atoms with Gasteiger partial charge in [0.25, 0.3) is 0 Å². The van der Waals surface area contributed by atoms with Gasteiger partial charge in [-0.05, 0) is 30.7 Å². The van der Waals surface area contributed by atoms with Crippen molar-refractivity contribution in [1.82, 2.24) is 5.32 Å². The van der Waals surface area contributed by atoms with E-state index in [2.05, 4.69) is 17.1 Å². The topological polar surface area (TPSA) is 15.3 Å². The van der Waals surface area contributed by atoms with Crippen LogP contribution in [0.3, 0.4) is 0 Å². The van der Waals surface area contributed by atoms with Crippen molar-refractivity contribution in [3.8, 4) is 0 Å². The van der Waals surface area contributed by atoms with Crippen molar-refractivity contribution in [1.29, 1.82) is 0 Å². The predicted octanol–water partition coefficient (Wildman–Crippen LogP) is 2.01. The van der Waals surface area contributed by atoms with Gasteiger partial charge in [-0.25, -0.2) is 4.39 Å². The van der Waals surface area contributed by atoms with Crippen LogP contribution in [0.4, 0.5) is 10.1 Å². The molecule has 0 aromatic heterocycles. The molecule has 1 heterocycles. The number of nitrogens with zero attached hydrogens (tertiary/aromatic N) is 1. The van der Waals surface area contributed by atoms with Crippen LogP contribution in [-0.4, -0.2) is 25.7 Å². The first-order valence-electron chi connectivity index (χ1n) is 5.54. The number of rotatable bonds is 2. The second-order valence-electron chi connectivity index (χ2n) is 3.94. The monoisotopic (exact) mass is 208 g/mol. The number of benzene rings is 1. The van der Waals surface area contributed by atoms with Crippen molar-refractivity contribution in [3.05, 3.63) is 30.1 Å². The maximum absolute atomic E-state index is 12.8. The van der Waals surface area contributed by atoms with E-state index in [0.29, 0.717) is 6.04 Å². The van der Waals surface area contributed by atoms with E-state index in [1.54, 1.807) is 0 Å². The molecule has 0 aliphatic carbocycles. The van der Waals surface area contributed by atoms with E-state index in [0.717, 1.165) is 31.7 Å². The molecule has 0 bridgehead atoms. The summed E-state index contributed by atoms with van der Waals surface area (Å²) in [6.45, 7) is 5.22. The van der Waals surface area contributed by atoms with Crippen molar-refractivity contribution in [2.75, 3.05) is 24.5 Å². The molecule has 2 rings (SSSR count). The lowest BCUT2D eigenvalue weighted by Crippen LogP contribution is -2.51. The molecule has 3 heteroatoms. The van der Waals surface area contributed by atoms with Gasteiger partial charge in [-0.1, -0.05) is 6.92 Å². The van der Waals surface area contributed by atoms with Crippen LogP contribution < -0.4 is 10.2 Å². The Kier molecular flexibility index (Phi) is 3.21. The molecule has 0 saturated carbocycles. The Morgan fingerprint density at radius 1 is 1.40 bits per heavy atom. The minimum Gasteiger partial charge on any atom is -0.366 e. The van der Waals surface area contributed by atoms with Crippen LogP contribution in [0.15, 0.2) is 24.3 Å². The van der Waals surface area contributed by atoms with E-state index in [9.17, 15) is 4.39 Å². The zero-order valence-electron chi connectivity index (χ0n) is 9.04. The Balaban J connectivity index is 2.16. The zero-order valence-corrected chi connectivity index (χ0v) is 9.04. The van der Waals surface area contributed by atoms with Gasteiger partial charge < -0.3 is 10.2 Å². The van der Waals surface area contributed by atoms with Crippen molar-refractivity contribution < 1.29 is 4.39 Å². The van der Waals surface area contributed by atoms with E-state index in [1.165, 1.54) is 12.1 Å². The summed E-state index contributed by atoms with van der Waals surface area (Å²) < 4.78 is 12.8. The molecule has 2 nitrogen and oxygen atoms in total. The van der Waals surface area contributed by atoms with E-state index < -0.39 is 0 Å². The number of hydrogen-bond acceptors (Lipinski definition) is 2. The lowest BCUT2D eigenvalue weighted by atomic mass is 10.1. The Hall–Kier alpha value is -1.09. The third-order valence-electron chi connectivity index (χ3n) is 2.98. The quantitative estimate of drug-likeness (QED) is 0.800. The van der Waals surface area contributed by atoms with Crippen LogP contribution in [0.1, 0.15) is 13.3 Å². The molecule has 1 N–H and O–H groups in total. The number of anilines is 1. The lowest BCUT2D eigenvalue weighted by Gasteiger charge is -2.37. The van der Waals surface area contributed by atoms with E-state index in [-0.39, 0.29) is 5.82 Å². The third-order valence-corrected chi connectivity index (χ3v) is 2.98. The summed E-state index contributed by atoms with van der Waals surface area (Å²) in [6.07, 6.45) is 1.12. The van der Waals surface area contributed by atoms with Crippen LogP contribution in [0, 0.1) is 5.82 Å². The fourth-order valence-electron chi connectivity index (χ4n) is 2.10. The molecular formula is C12H17FN2. The third kappa shape index (κ3) is 2.29. The summed E-state index contributed by atoms with van der Waals surface area (Å²) in [5.74, 6) is -0.165. The van der Waals surface area contributed by atoms with E-state index in [4.69, 9.17) is 0 Å². The fourth-order valence-corrected chi connectivity index (χ4v) is 2.10. The van der Waals surface area contributed by atoms with Gasteiger partial charge in [0.2, 0.25) is 0 Å². The maximum atomic E-state index is 12.8. The molecule has 82 valence electrons. The average Bonchev–Trinajstić information content (AvgIpc) is 2.30. The molecule has 1 saturated heterocycles. The van der Waals surface area contributed by atoms with Crippen molar-refractivity contribution in [3.63, 3.8) is 0 Å². The lowest BCUT2D eigenvalue weighted by molar-refractivity contribution is 0.466. The number of hydrogen-bond donors (Lipinski definition) is 1. The van der Waals surface area contributed by atoms with Gasteiger partial charge in [0.05, 0.1) is 0 Å². The summed E-state index contributed by atoms with van der Waals surface area (Å²) in [6, 6.07) is 7.32. The van der Waals surface area contributed by atoms with Gasteiger partial charge in [-0.3, -0.25) is 0 Å². The molecule has 1 fully saturated rings. The molecule has 1 aromatic carbocycles. The molecule has 0 spiro atoms. The first-order chi connectivity index (χ1) is 7.31. The summed E-state index contributed by atoms with van der Waals surface area (Å²) in [7, 11) is 0. The molecule has 1 aromatic rings.